The molecule has 0 radical (unpaired) electrons. The van der Waals surface area contributed by atoms with Crippen LogP contribution in [-0.2, 0) is 9.53 Å². The highest BCUT2D eigenvalue weighted by Crippen LogP contribution is 2.28. The molecule has 1 fully saturated rings. The van der Waals surface area contributed by atoms with Crippen molar-refractivity contribution in [2.24, 2.45) is 0 Å². The predicted octanol–water partition coefficient (Wildman–Crippen LogP) is 2.15. The van der Waals surface area contributed by atoms with E-state index < -0.39 is 5.54 Å². The van der Waals surface area contributed by atoms with Crippen LogP contribution in [0.2, 0.25) is 0 Å². The fourth-order valence-corrected chi connectivity index (χ4v) is 2.67. The maximum Gasteiger partial charge on any atom is 0.326 e. The first-order chi connectivity index (χ1) is 9.03. The van der Waals surface area contributed by atoms with Crippen LogP contribution < -0.4 is 5.32 Å². The van der Waals surface area contributed by atoms with Gasteiger partial charge in [-0.05, 0) is 33.6 Å². The van der Waals surface area contributed by atoms with Gasteiger partial charge in [-0.2, -0.15) is 0 Å². The number of carbonyl (C=O) groups is 1. The monoisotopic (exact) mass is 284 g/mol. The van der Waals surface area contributed by atoms with E-state index in [1.54, 1.807) is 6.26 Å². The smallest absolute Gasteiger partial charge is 0.326 e. The van der Waals surface area contributed by atoms with Crippen LogP contribution in [0.4, 0.5) is 0 Å². The summed E-state index contributed by atoms with van der Waals surface area (Å²) in [6.45, 7) is 5.97. The van der Waals surface area contributed by atoms with Crippen molar-refractivity contribution < 1.29 is 13.9 Å². The molecule has 1 atom stereocenters. The summed E-state index contributed by atoms with van der Waals surface area (Å²) in [5, 5.41) is 3.95. The van der Waals surface area contributed by atoms with Gasteiger partial charge in [-0.1, -0.05) is 11.8 Å². The summed E-state index contributed by atoms with van der Waals surface area (Å²) in [7, 11) is 0. The largest absolute Gasteiger partial charge is 0.465 e. The molecule has 19 heavy (non-hydrogen) atoms. The molecule has 0 spiro atoms. The van der Waals surface area contributed by atoms with Crippen LogP contribution in [0.15, 0.2) is 15.9 Å². The summed E-state index contributed by atoms with van der Waals surface area (Å²) in [5.41, 5.74) is 0.153. The quantitative estimate of drug-likeness (QED) is 0.611. The highest BCUT2D eigenvalue weighted by molar-refractivity contribution is 7.99. The van der Waals surface area contributed by atoms with E-state index in [1.807, 2.05) is 20.8 Å². The number of aromatic nitrogens is 1. The van der Waals surface area contributed by atoms with Crippen molar-refractivity contribution in [1.29, 1.82) is 0 Å². The Morgan fingerprint density at radius 2 is 2.42 bits per heavy atom. The van der Waals surface area contributed by atoms with E-state index in [2.05, 4.69) is 10.3 Å². The van der Waals surface area contributed by atoms with Gasteiger partial charge in [-0.3, -0.25) is 10.1 Å². The lowest BCUT2D eigenvalue weighted by Gasteiger charge is -2.27. The van der Waals surface area contributed by atoms with Crippen molar-refractivity contribution in [3.05, 3.63) is 12.0 Å². The Bertz CT molecular complexity index is 445. The van der Waals surface area contributed by atoms with Gasteiger partial charge in [0, 0.05) is 11.8 Å². The van der Waals surface area contributed by atoms with E-state index in [-0.39, 0.29) is 5.97 Å². The summed E-state index contributed by atoms with van der Waals surface area (Å²) in [5.74, 6) is 0.333. The average molecular weight is 284 g/mol. The Labute approximate surface area is 117 Å². The third kappa shape index (κ3) is 3.98. The number of rotatable bonds is 7. The maximum atomic E-state index is 12.1. The minimum absolute atomic E-state index is 0.210. The zero-order valence-corrected chi connectivity index (χ0v) is 12.4. The number of carbonyl (C=O) groups excluding carboxylic acids is 1. The third-order valence-electron chi connectivity index (χ3n) is 2.91. The van der Waals surface area contributed by atoms with Gasteiger partial charge >= 0.3 is 5.97 Å². The summed E-state index contributed by atoms with van der Waals surface area (Å²) in [6, 6.07) is 0.432. The molecule has 1 unspecified atom stereocenters. The van der Waals surface area contributed by atoms with Crippen molar-refractivity contribution in [1.82, 2.24) is 10.3 Å². The lowest BCUT2D eigenvalue weighted by Crippen LogP contribution is -2.53. The highest BCUT2D eigenvalue weighted by atomic mass is 32.2. The Morgan fingerprint density at radius 3 is 2.95 bits per heavy atom. The number of hydrogen-bond donors (Lipinski definition) is 1. The highest BCUT2D eigenvalue weighted by Gasteiger charge is 2.40. The van der Waals surface area contributed by atoms with Gasteiger partial charge in [0.25, 0.3) is 5.22 Å². The van der Waals surface area contributed by atoms with Crippen molar-refractivity contribution in [3.8, 4) is 0 Å². The second kappa shape index (κ2) is 5.96. The number of nitrogens with one attached hydrogen (secondary N) is 1. The molecule has 1 aliphatic carbocycles. The van der Waals surface area contributed by atoms with Crippen LogP contribution in [0.5, 0.6) is 0 Å². The Hall–Kier alpha value is -1.01. The molecule has 106 valence electrons. The molecule has 0 bridgehead atoms. The van der Waals surface area contributed by atoms with E-state index in [9.17, 15) is 4.79 Å². The molecule has 2 rings (SSSR count). The average Bonchev–Trinajstić information content (AvgIpc) is 3.07. The van der Waals surface area contributed by atoms with Crippen LogP contribution >= 0.6 is 11.8 Å². The first kappa shape index (κ1) is 14.4. The van der Waals surface area contributed by atoms with Crippen molar-refractivity contribution in [2.75, 3.05) is 12.4 Å². The van der Waals surface area contributed by atoms with E-state index in [1.165, 1.54) is 11.8 Å². The first-order valence-electron chi connectivity index (χ1n) is 6.53. The molecular formula is C13H20N2O3S. The predicted molar refractivity (Wildman–Crippen MR) is 73.2 cm³/mol. The van der Waals surface area contributed by atoms with Crippen LogP contribution in [0.25, 0.3) is 0 Å². The fraction of sp³-hybridized carbons (Fsp3) is 0.692. The second-order valence-corrected chi connectivity index (χ2v) is 5.94. The molecule has 0 saturated heterocycles. The molecule has 1 saturated carbocycles. The zero-order chi connectivity index (χ0) is 13.9. The molecule has 6 heteroatoms. The molecule has 1 aromatic heterocycles. The summed E-state index contributed by atoms with van der Waals surface area (Å²) in [4.78, 5) is 16.3. The van der Waals surface area contributed by atoms with Gasteiger partial charge in [-0.15, -0.1) is 0 Å². The van der Waals surface area contributed by atoms with Crippen LogP contribution in [0.3, 0.4) is 0 Å². The van der Waals surface area contributed by atoms with Gasteiger partial charge in [0.2, 0.25) is 0 Å². The molecule has 1 aromatic rings. The van der Waals surface area contributed by atoms with Crippen molar-refractivity contribution in [2.45, 2.75) is 50.4 Å². The Morgan fingerprint density at radius 1 is 1.68 bits per heavy atom. The third-order valence-corrected chi connectivity index (χ3v) is 4.06. The van der Waals surface area contributed by atoms with E-state index in [0.29, 0.717) is 23.6 Å². The van der Waals surface area contributed by atoms with Gasteiger partial charge in [0.05, 0.1) is 12.3 Å². The number of esters is 1. The van der Waals surface area contributed by atoms with Crippen molar-refractivity contribution in [3.63, 3.8) is 0 Å². The summed E-state index contributed by atoms with van der Waals surface area (Å²) < 4.78 is 10.5. The minimum Gasteiger partial charge on any atom is -0.465 e. The molecule has 0 aromatic carbocycles. The molecule has 0 aliphatic heterocycles. The summed E-state index contributed by atoms with van der Waals surface area (Å²) >= 11 is 1.43. The second-order valence-electron chi connectivity index (χ2n) is 5.01. The van der Waals surface area contributed by atoms with Crippen molar-refractivity contribution >= 4 is 17.7 Å². The van der Waals surface area contributed by atoms with E-state index in [0.717, 1.165) is 18.5 Å². The Balaban J connectivity index is 1.97. The van der Waals surface area contributed by atoms with Gasteiger partial charge < -0.3 is 9.15 Å². The molecule has 5 nitrogen and oxygen atoms in total. The van der Waals surface area contributed by atoms with Gasteiger partial charge in [-0.25, -0.2) is 4.98 Å². The lowest BCUT2D eigenvalue weighted by atomic mass is 10.1. The Kier molecular flexibility index (Phi) is 4.52. The SMILES string of the molecule is CCOC(=O)C(C)(CSc1nc(C)co1)NC1CC1. The molecule has 1 heterocycles. The fourth-order valence-electron chi connectivity index (χ4n) is 1.73. The minimum atomic E-state index is -0.690. The first-order valence-corrected chi connectivity index (χ1v) is 7.52. The van der Waals surface area contributed by atoms with E-state index in [4.69, 9.17) is 9.15 Å². The maximum absolute atomic E-state index is 12.1. The lowest BCUT2D eigenvalue weighted by molar-refractivity contribution is -0.149. The summed E-state index contributed by atoms with van der Waals surface area (Å²) in [6.07, 6.45) is 3.86. The topological polar surface area (TPSA) is 64.4 Å². The number of hydrogen-bond acceptors (Lipinski definition) is 6. The molecular weight excluding hydrogens is 264 g/mol. The van der Waals surface area contributed by atoms with Crippen LogP contribution in [0, 0.1) is 6.92 Å². The number of oxazole rings is 1. The van der Waals surface area contributed by atoms with E-state index >= 15 is 0 Å². The van der Waals surface area contributed by atoms with Gasteiger partial charge in [0.1, 0.15) is 11.8 Å². The normalized spacial score (nSPS) is 18.1. The van der Waals surface area contributed by atoms with Gasteiger partial charge in [0.15, 0.2) is 0 Å². The molecule has 1 N–H and O–H groups in total. The molecule has 0 amide bonds. The van der Waals surface area contributed by atoms with Crippen LogP contribution in [-0.4, -0.2) is 34.9 Å². The van der Waals surface area contributed by atoms with Crippen LogP contribution in [0.1, 0.15) is 32.4 Å². The zero-order valence-electron chi connectivity index (χ0n) is 11.6. The number of aryl methyl sites for hydroxylation is 1. The number of thioether (sulfide) groups is 1. The molecule has 1 aliphatic rings. The standard InChI is InChI=1S/C13H20N2O3S/c1-4-17-11(16)13(3,15-10-5-6-10)8-19-12-14-9(2)7-18-12/h7,10,15H,4-6,8H2,1-3H3. The number of nitrogens with zero attached hydrogens (tertiary/aromatic N) is 1. The number of ether oxygens (including phenoxy) is 1.